The predicted octanol–water partition coefficient (Wildman–Crippen LogP) is 0.646. The number of fused-ring (bicyclic) bond motifs is 2. The predicted molar refractivity (Wildman–Crippen MR) is 103 cm³/mol. The summed E-state index contributed by atoms with van der Waals surface area (Å²) in [7, 11) is 1.97. The van der Waals surface area contributed by atoms with Gasteiger partial charge in [0.1, 0.15) is 12.6 Å². The average Bonchev–Trinajstić information content (AvgIpc) is 2.61. The Kier molecular flexibility index (Phi) is 5.73. The molecule has 0 saturated carbocycles. The SMILES string of the molecule is C[n+]1ccccc1/C=C/c1cc2cc3c(cc2oc1=O)C#C/C=C\CC3.[Br-]. The van der Waals surface area contributed by atoms with Crippen LogP contribution in [0.5, 0.6) is 0 Å². The average molecular weight is 420 g/mol. The zero-order valence-corrected chi connectivity index (χ0v) is 16.5. The van der Waals surface area contributed by atoms with Gasteiger partial charge in [0.2, 0.25) is 5.69 Å². The van der Waals surface area contributed by atoms with Crippen LogP contribution >= 0.6 is 0 Å². The number of aromatic nitrogens is 1. The third-order valence-electron chi connectivity index (χ3n) is 4.50. The number of aryl methyl sites for hydroxylation is 2. The van der Waals surface area contributed by atoms with Gasteiger partial charge in [-0.05, 0) is 54.8 Å². The number of halogens is 1. The molecule has 0 atom stereocenters. The Labute approximate surface area is 168 Å². The highest BCUT2D eigenvalue weighted by Gasteiger charge is 2.09. The second kappa shape index (κ2) is 8.20. The molecule has 1 aromatic carbocycles. The van der Waals surface area contributed by atoms with E-state index in [0.29, 0.717) is 11.1 Å². The topological polar surface area (TPSA) is 34.1 Å². The molecule has 0 bridgehead atoms. The summed E-state index contributed by atoms with van der Waals surface area (Å²) in [6.07, 6.45) is 11.5. The van der Waals surface area contributed by atoms with Gasteiger partial charge >= 0.3 is 5.63 Å². The fraction of sp³-hybridized carbons (Fsp3) is 0.130. The maximum absolute atomic E-state index is 12.4. The van der Waals surface area contributed by atoms with E-state index in [9.17, 15) is 4.79 Å². The minimum absolute atomic E-state index is 0. The summed E-state index contributed by atoms with van der Waals surface area (Å²) in [5, 5.41) is 0.923. The molecule has 0 saturated heterocycles. The van der Waals surface area contributed by atoms with Crippen LogP contribution in [0.25, 0.3) is 23.1 Å². The number of pyridine rings is 1. The van der Waals surface area contributed by atoms with Crippen LogP contribution in [0.1, 0.15) is 28.8 Å². The molecule has 0 amide bonds. The zero-order chi connectivity index (χ0) is 17.9. The van der Waals surface area contributed by atoms with Gasteiger partial charge in [-0.3, -0.25) is 0 Å². The first-order valence-electron chi connectivity index (χ1n) is 8.61. The summed E-state index contributed by atoms with van der Waals surface area (Å²) in [4.78, 5) is 12.4. The lowest BCUT2D eigenvalue weighted by atomic mass is 9.99. The molecule has 3 nitrogen and oxygen atoms in total. The summed E-state index contributed by atoms with van der Waals surface area (Å²) < 4.78 is 7.54. The van der Waals surface area contributed by atoms with Gasteiger partial charge in [-0.2, -0.15) is 0 Å². The summed E-state index contributed by atoms with van der Waals surface area (Å²) in [5.41, 5.74) is 3.91. The first-order valence-corrected chi connectivity index (χ1v) is 8.61. The third-order valence-corrected chi connectivity index (χ3v) is 4.50. The molecule has 4 heteroatoms. The molecule has 0 fully saturated rings. The Bertz CT molecular complexity index is 1180. The molecule has 0 aliphatic heterocycles. The largest absolute Gasteiger partial charge is 1.00 e. The molecule has 1 aliphatic rings. The van der Waals surface area contributed by atoms with Crippen molar-refractivity contribution in [3.63, 3.8) is 0 Å². The molecule has 0 radical (unpaired) electrons. The summed E-state index contributed by atoms with van der Waals surface area (Å²) in [6, 6.07) is 11.8. The number of rotatable bonds is 2. The standard InChI is InChI=1S/C23H18NO2.BrH/c1-24-13-7-6-10-21(24)12-11-19-15-20-14-17-8-4-2-3-5-9-18(17)16-22(20)26-23(19)25;/h2-3,6-7,10-16H,4,8H2,1H3;1H/q+1;/p-1/b3-2-,12-11+;. The van der Waals surface area contributed by atoms with Gasteiger partial charge in [0.05, 0.1) is 5.56 Å². The van der Waals surface area contributed by atoms with Crippen molar-refractivity contribution in [1.29, 1.82) is 0 Å². The molecule has 27 heavy (non-hydrogen) atoms. The van der Waals surface area contributed by atoms with Crippen LogP contribution in [0.4, 0.5) is 0 Å². The summed E-state index contributed by atoms with van der Waals surface area (Å²) >= 11 is 0. The van der Waals surface area contributed by atoms with Crippen LogP contribution in [0.15, 0.2) is 64.0 Å². The van der Waals surface area contributed by atoms with Crippen LogP contribution in [0, 0.1) is 11.8 Å². The van der Waals surface area contributed by atoms with Crippen molar-refractivity contribution < 1.29 is 26.0 Å². The fourth-order valence-electron chi connectivity index (χ4n) is 3.05. The van der Waals surface area contributed by atoms with Gasteiger partial charge in [-0.15, -0.1) is 0 Å². The number of hydrogen-bond donors (Lipinski definition) is 0. The molecule has 0 spiro atoms. The second-order valence-corrected chi connectivity index (χ2v) is 6.32. The third kappa shape index (κ3) is 4.10. The Hall–Kier alpha value is -2.90. The lowest BCUT2D eigenvalue weighted by molar-refractivity contribution is -0.673. The van der Waals surface area contributed by atoms with Crippen molar-refractivity contribution in [2.45, 2.75) is 12.8 Å². The zero-order valence-electron chi connectivity index (χ0n) is 14.9. The van der Waals surface area contributed by atoms with E-state index >= 15 is 0 Å². The highest BCUT2D eigenvalue weighted by Crippen LogP contribution is 2.22. The molecule has 2 aromatic heterocycles. The van der Waals surface area contributed by atoms with Crippen molar-refractivity contribution in [3.8, 4) is 11.8 Å². The van der Waals surface area contributed by atoms with Gasteiger partial charge < -0.3 is 21.4 Å². The Balaban J connectivity index is 0.00000210. The number of hydrogen-bond acceptors (Lipinski definition) is 2. The van der Waals surface area contributed by atoms with E-state index in [0.717, 1.165) is 29.5 Å². The quantitative estimate of drug-likeness (QED) is 0.347. The Morgan fingerprint density at radius 3 is 2.93 bits per heavy atom. The van der Waals surface area contributed by atoms with Gasteiger partial charge in [0.15, 0.2) is 6.20 Å². The maximum atomic E-state index is 12.4. The monoisotopic (exact) mass is 419 g/mol. The van der Waals surface area contributed by atoms with Gasteiger partial charge in [0, 0.05) is 29.2 Å². The molecule has 4 rings (SSSR count). The molecule has 1 aliphatic carbocycles. The van der Waals surface area contributed by atoms with Gasteiger partial charge in [-0.25, -0.2) is 9.36 Å². The Morgan fingerprint density at radius 2 is 2.07 bits per heavy atom. The van der Waals surface area contributed by atoms with Crippen LogP contribution in [-0.2, 0) is 13.5 Å². The lowest BCUT2D eigenvalue weighted by Crippen LogP contribution is -3.00. The van der Waals surface area contributed by atoms with E-state index < -0.39 is 0 Å². The molecule has 2 heterocycles. The summed E-state index contributed by atoms with van der Waals surface area (Å²) in [5.74, 6) is 6.14. The van der Waals surface area contributed by atoms with Crippen molar-refractivity contribution in [3.05, 3.63) is 87.6 Å². The highest BCUT2D eigenvalue weighted by atomic mass is 79.9. The van der Waals surface area contributed by atoms with Crippen LogP contribution in [0.3, 0.4) is 0 Å². The first kappa shape index (κ1) is 18.9. The summed E-state index contributed by atoms with van der Waals surface area (Å²) in [6.45, 7) is 0. The number of nitrogens with zero attached hydrogens (tertiary/aromatic N) is 1. The van der Waals surface area contributed by atoms with Gasteiger partial charge in [0.25, 0.3) is 0 Å². The van der Waals surface area contributed by atoms with E-state index in [4.69, 9.17) is 4.42 Å². The van der Waals surface area contributed by atoms with Crippen molar-refractivity contribution in [1.82, 2.24) is 0 Å². The number of allylic oxidation sites excluding steroid dienone is 2. The first-order chi connectivity index (χ1) is 12.7. The lowest BCUT2D eigenvalue weighted by Gasteiger charge is -2.07. The number of benzene rings is 1. The van der Waals surface area contributed by atoms with E-state index in [1.54, 1.807) is 6.08 Å². The molecule has 0 N–H and O–H groups in total. The van der Waals surface area contributed by atoms with E-state index in [2.05, 4.69) is 24.0 Å². The molecular formula is C23H18BrNO2. The van der Waals surface area contributed by atoms with Crippen LogP contribution < -0.4 is 27.2 Å². The van der Waals surface area contributed by atoms with Crippen molar-refractivity contribution in [2.75, 3.05) is 0 Å². The van der Waals surface area contributed by atoms with Crippen molar-refractivity contribution in [2.24, 2.45) is 7.05 Å². The van der Waals surface area contributed by atoms with Crippen LogP contribution in [0.2, 0.25) is 0 Å². The molecule has 134 valence electrons. The minimum Gasteiger partial charge on any atom is -1.00 e. The minimum atomic E-state index is -0.342. The second-order valence-electron chi connectivity index (χ2n) is 6.32. The molecule has 0 unspecified atom stereocenters. The maximum Gasteiger partial charge on any atom is 0.343 e. The van der Waals surface area contributed by atoms with Crippen molar-refractivity contribution >= 4 is 23.1 Å². The van der Waals surface area contributed by atoms with Gasteiger partial charge in [-0.1, -0.05) is 17.9 Å². The van der Waals surface area contributed by atoms with Crippen LogP contribution in [-0.4, -0.2) is 0 Å². The molecular weight excluding hydrogens is 402 g/mol. The van der Waals surface area contributed by atoms with E-state index in [-0.39, 0.29) is 22.6 Å². The normalized spacial score (nSPS) is 13.8. The van der Waals surface area contributed by atoms with E-state index in [1.165, 1.54) is 5.56 Å². The molecule has 3 aromatic rings. The Morgan fingerprint density at radius 1 is 1.19 bits per heavy atom. The fourth-order valence-corrected chi connectivity index (χ4v) is 3.05. The highest BCUT2D eigenvalue weighted by molar-refractivity contribution is 5.82. The smallest absolute Gasteiger partial charge is 0.343 e. The van der Waals surface area contributed by atoms with E-state index in [1.807, 2.05) is 60.3 Å².